The normalized spacial score (nSPS) is 10.9. The average Bonchev–Trinajstić information content (AvgIpc) is 2.40. The highest BCUT2D eigenvalue weighted by atomic mass is 16.5. The monoisotopic (exact) mass is 265 g/mol. The molecule has 0 aliphatic carbocycles. The van der Waals surface area contributed by atoms with E-state index < -0.39 is 0 Å². The van der Waals surface area contributed by atoms with E-state index in [1.165, 1.54) is 5.56 Å². The van der Waals surface area contributed by atoms with E-state index in [1.54, 1.807) is 12.1 Å². The Hall–Kier alpha value is -2.27. The van der Waals surface area contributed by atoms with Crippen LogP contribution in [0.25, 0.3) is 0 Å². The van der Waals surface area contributed by atoms with Gasteiger partial charge in [-0.05, 0) is 42.2 Å². The van der Waals surface area contributed by atoms with Crippen molar-refractivity contribution in [2.75, 3.05) is 0 Å². The minimum absolute atomic E-state index is 0.0218. The SMILES string of the molecule is Cc1cccc(C(C)(C)C)c1Oc1ccc(C#N)cc1. The van der Waals surface area contributed by atoms with Crippen LogP contribution in [0.4, 0.5) is 0 Å². The maximum Gasteiger partial charge on any atom is 0.134 e. The summed E-state index contributed by atoms with van der Waals surface area (Å²) in [5, 5.41) is 8.82. The number of hydrogen-bond acceptors (Lipinski definition) is 2. The van der Waals surface area contributed by atoms with E-state index >= 15 is 0 Å². The van der Waals surface area contributed by atoms with Crippen LogP contribution in [0.3, 0.4) is 0 Å². The maximum atomic E-state index is 8.82. The Balaban J connectivity index is 2.40. The second-order valence-corrected chi connectivity index (χ2v) is 5.94. The molecule has 0 heterocycles. The molecule has 20 heavy (non-hydrogen) atoms. The second-order valence-electron chi connectivity index (χ2n) is 5.94. The second kappa shape index (κ2) is 5.38. The molecular formula is C18H19NO. The lowest BCUT2D eigenvalue weighted by atomic mass is 9.85. The van der Waals surface area contributed by atoms with Gasteiger partial charge in [0.05, 0.1) is 11.6 Å². The van der Waals surface area contributed by atoms with Crippen LogP contribution in [0, 0.1) is 18.3 Å². The molecule has 0 aliphatic rings. The molecule has 0 amide bonds. The number of rotatable bonds is 2. The predicted molar refractivity (Wildman–Crippen MR) is 81.1 cm³/mol. The lowest BCUT2D eigenvalue weighted by molar-refractivity contribution is 0.452. The molecular weight excluding hydrogens is 246 g/mol. The summed E-state index contributed by atoms with van der Waals surface area (Å²) in [6, 6.07) is 15.5. The third-order valence-corrected chi connectivity index (χ3v) is 3.22. The van der Waals surface area contributed by atoms with Crippen molar-refractivity contribution >= 4 is 0 Å². The number of nitriles is 1. The molecule has 0 aliphatic heterocycles. The number of nitrogens with zero attached hydrogens (tertiary/aromatic N) is 1. The van der Waals surface area contributed by atoms with Crippen LogP contribution in [-0.4, -0.2) is 0 Å². The lowest BCUT2D eigenvalue weighted by Crippen LogP contribution is -2.13. The summed E-state index contributed by atoms with van der Waals surface area (Å²) in [6.45, 7) is 8.57. The first-order chi connectivity index (χ1) is 9.41. The molecule has 2 aromatic rings. The predicted octanol–water partition coefficient (Wildman–Crippen LogP) is 4.96. The van der Waals surface area contributed by atoms with Crippen molar-refractivity contribution in [1.82, 2.24) is 0 Å². The summed E-state index contributed by atoms with van der Waals surface area (Å²) in [5.41, 5.74) is 2.95. The van der Waals surface area contributed by atoms with Crippen LogP contribution in [0.5, 0.6) is 11.5 Å². The number of hydrogen-bond donors (Lipinski definition) is 0. The van der Waals surface area contributed by atoms with Gasteiger partial charge in [-0.3, -0.25) is 0 Å². The molecule has 2 nitrogen and oxygen atoms in total. The molecule has 0 bridgehead atoms. The maximum absolute atomic E-state index is 8.82. The van der Waals surface area contributed by atoms with Crippen LogP contribution in [0.15, 0.2) is 42.5 Å². The van der Waals surface area contributed by atoms with Crippen LogP contribution < -0.4 is 4.74 Å². The van der Waals surface area contributed by atoms with Gasteiger partial charge in [0.15, 0.2) is 0 Å². The molecule has 0 spiro atoms. The molecule has 0 unspecified atom stereocenters. The van der Waals surface area contributed by atoms with Crippen molar-refractivity contribution in [2.24, 2.45) is 0 Å². The summed E-state index contributed by atoms with van der Waals surface area (Å²) in [4.78, 5) is 0. The molecule has 0 aromatic heterocycles. The molecule has 2 heteroatoms. The Labute approximate surface area is 120 Å². The summed E-state index contributed by atoms with van der Waals surface area (Å²) < 4.78 is 6.06. The summed E-state index contributed by atoms with van der Waals surface area (Å²) in [6.07, 6.45) is 0. The Morgan fingerprint density at radius 3 is 2.20 bits per heavy atom. The molecule has 0 fully saturated rings. The molecule has 0 atom stereocenters. The number of benzene rings is 2. The fraction of sp³-hybridized carbons (Fsp3) is 0.278. The fourth-order valence-electron chi connectivity index (χ4n) is 2.09. The lowest BCUT2D eigenvalue weighted by Gasteiger charge is -2.24. The van der Waals surface area contributed by atoms with E-state index in [0.717, 1.165) is 17.1 Å². The van der Waals surface area contributed by atoms with E-state index in [9.17, 15) is 0 Å². The van der Waals surface area contributed by atoms with Gasteiger partial charge in [0.1, 0.15) is 11.5 Å². The van der Waals surface area contributed by atoms with Gasteiger partial charge in [0.2, 0.25) is 0 Å². The zero-order valence-corrected chi connectivity index (χ0v) is 12.4. The van der Waals surface area contributed by atoms with Gasteiger partial charge in [-0.1, -0.05) is 39.0 Å². The van der Waals surface area contributed by atoms with Crippen molar-refractivity contribution < 1.29 is 4.74 Å². The van der Waals surface area contributed by atoms with Crippen molar-refractivity contribution in [2.45, 2.75) is 33.1 Å². The highest BCUT2D eigenvalue weighted by Gasteiger charge is 2.20. The number of aryl methyl sites for hydroxylation is 1. The third kappa shape index (κ3) is 3.00. The van der Waals surface area contributed by atoms with Gasteiger partial charge >= 0.3 is 0 Å². The fourth-order valence-corrected chi connectivity index (χ4v) is 2.09. The molecule has 0 saturated heterocycles. The van der Waals surface area contributed by atoms with E-state index in [4.69, 9.17) is 10.00 Å². The molecule has 0 saturated carbocycles. The Kier molecular flexibility index (Phi) is 3.81. The topological polar surface area (TPSA) is 33.0 Å². The minimum Gasteiger partial charge on any atom is -0.457 e. The first-order valence-corrected chi connectivity index (χ1v) is 6.70. The summed E-state index contributed by atoms with van der Waals surface area (Å²) in [7, 11) is 0. The van der Waals surface area contributed by atoms with Gasteiger partial charge in [0.25, 0.3) is 0 Å². The van der Waals surface area contributed by atoms with Crippen LogP contribution in [0.1, 0.15) is 37.5 Å². The van der Waals surface area contributed by atoms with Crippen molar-refractivity contribution in [3.05, 3.63) is 59.2 Å². The quantitative estimate of drug-likeness (QED) is 0.769. The van der Waals surface area contributed by atoms with Gasteiger partial charge in [-0.2, -0.15) is 5.26 Å². The standard InChI is InChI=1S/C18H19NO/c1-13-6-5-7-16(18(2,3)4)17(13)20-15-10-8-14(12-19)9-11-15/h5-11H,1-4H3. The summed E-state index contributed by atoms with van der Waals surface area (Å²) >= 11 is 0. The van der Waals surface area contributed by atoms with Gasteiger partial charge in [-0.25, -0.2) is 0 Å². The molecule has 102 valence electrons. The van der Waals surface area contributed by atoms with Gasteiger partial charge < -0.3 is 4.74 Å². The van der Waals surface area contributed by atoms with Crippen LogP contribution in [-0.2, 0) is 5.41 Å². The van der Waals surface area contributed by atoms with Gasteiger partial charge in [-0.15, -0.1) is 0 Å². The van der Waals surface area contributed by atoms with Crippen molar-refractivity contribution in [3.8, 4) is 17.6 Å². The number of ether oxygens (including phenoxy) is 1. The highest BCUT2D eigenvalue weighted by Crippen LogP contribution is 2.36. The Morgan fingerprint density at radius 1 is 1.00 bits per heavy atom. The zero-order chi connectivity index (χ0) is 14.8. The average molecular weight is 265 g/mol. The zero-order valence-electron chi connectivity index (χ0n) is 12.4. The third-order valence-electron chi connectivity index (χ3n) is 3.22. The van der Waals surface area contributed by atoms with Gasteiger partial charge in [0, 0.05) is 5.56 Å². The first kappa shape index (κ1) is 14.1. The van der Waals surface area contributed by atoms with E-state index in [-0.39, 0.29) is 5.41 Å². The number of para-hydroxylation sites is 1. The highest BCUT2D eigenvalue weighted by molar-refractivity contribution is 5.47. The van der Waals surface area contributed by atoms with E-state index in [0.29, 0.717) is 5.56 Å². The smallest absolute Gasteiger partial charge is 0.134 e. The van der Waals surface area contributed by atoms with E-state index in [2.05, 4.69) is 39.0 Å². The molecule has 0 radical (unpaired) electrons. The molecule has 0 N–H and O–H groups in total. The Bertz CT molecular complexity index is 643. The minimum atomic E-state index is 0.0218. The van der Waals surface area contributed by atoms with Crippen LogP contribution >= 0.6 is 0 Å². The molecule has 2 aromatic carbocycles. The first-order valence-electron chi connectivity index (χ1n) is 6.70. The Morgan fingerprint density at radius 2 is 1.65 bits per heavy atom. The molecule has 2 rings (SSSR count). The van der Waals surface area contributed by atoms with Crippen LogP contribution in [0.2, 0.25) is 0 Å². The van der Waals surface area contributed by atoms with Crippen molar-refractivity contribution in [1.29, 1.82) is 5.26 Å². The summed E-state index contributed by atoms with van der Waals surface area (Å²) in [5.74, 6) is 1.66. The van der Waals surface area contributed by atoms with Crippen molar-refractivity contribution in [3.63, 3.8) is 0 Å². The largest absolute Gasteiger partial charge is 0.457 e. The van der Waals surface area contributed by atoms with E-state index in [1.807, 2.05) is 25.1 Å².